The molecule has 0 atom stereocenters. The van der Waals surface area contributed by atoms with Crippen molar-refractivity contribution in [3.8, 4) is 0 Å². The van der Waals surface area contributed by atoms with E-state index in [1.807, 2.05) is 61.5 Å². The summed E-state index contributed by atoms with van der Waals surface area (Å²) in [4.78, 5) is 16.9. The van der Waals surface area contributed by atoms with Crippen molar-refractivity contribution in [1.82, 2.24) is 4.90 Å². The number of hydrogen-bond donors (Lipinski definition) is 0. The number of likely N-dealkylation sites (N-methyl/N-ethyl adjacent to an activating group) is 1. The molecule has 0 radical (unpaired) electrons. The summed E-state index contributed by atoms with van der Waals surface area (Å²) in [7, 11) is 0. The fraction of sp³-hybridized carbons (Fsp3) is 0.111. The van der Waals surface area contributed by atoms with Gasteiger partial charge in [-0.05, 0) is 48.9 Å². The van der Waals surface area contributed by atoms with Gasteiger partial charge in [-0.2, -0.15) is 0 Å². The molecule has 3 rings (SSSR count). The van der Waals surface area contributed by atoms with Crippen molar-refractivity contribution in [2.24, 2.45) is 0 Å². The van der Waals surface area contributed by atoms with Crippen LogP contribution in [0.25, 0.3) is 6.08 Å². The van der Waals surface area contributed by atoms with Gasteiger partial charge >= 0.3 is 0 Å². The topological polar surface area (TPSA) is 20.3 Å². The van der Waals surface area contributed by atoms with Gasteiger partial charge in [0.05, 0.1) is 4.91 Å². The number of hydrogen-bond acceptors (Lipinski definition) is 4. The SMILES string of the molecule is CCN1C(=O)C(=Cc2ccccc2Sc2ccc(Cl)cc2)SC1=S. The zero-order valence-corrected chi connectivity index (χ0v) is 16.1. The van der Waals surface area contributed by atoms with E-state index in [-0.39, 0.29) is 5.91 Å². The first kappa shape index (κ1) is 17.5. The minimum absolute atomic E-state index is 0.0150. The summed E-state index contributed by atoms with van der Waals surface area (Å²) in [5, 5.41) is 0.718. The van der Waals surface area contributed by atoms with Crippen molar-refractivity contribution in [3.63, 3.8) is 0 Å². The maximum atomic E-state index is 12.4. The molecule has 122 valence electrons. The molecule has 0 N–H and O–H groups in total. The van der Waals surface area contributed by atoms with Gasteiger partial charge in [0.15, 0.2) is 0 Å². The lowest BCUT2D eigenvalue weighted by Crippen LogP contribution is -2.27. The summed E-state index contributed by atoms with van der Waals surface area (Å²) >= 11 is 14.2. The van der Waals surface area contributed by atoms with E-state index in [2.05, 4.69) is 0 Å². The number of rotatable bonds is 4. The summed E-state index contributed by atoms with van der Waals surface area (Å²) in [6.45, 7) is 2.53. The second kappa shape index (κ2) is 7.74. The van der Waals surface area contributed by atoms with Crippen molar-refractivity contribution in [2.45, 2.75) is 16.7 Å². The van der Waals surface area contributed by atoms with Gasteiger partial charge in [0.1, 0.15) is 4.32 Å². The molecule has 2 aromatic carbocycles. The highest BCUT2D eigenvalue weighted by molar-refractivity contribution is 8.26. The maximum absolute atomic E-state index is 12.4. The molecular weight excluding hydrogens is 378 g/mol. The van der Waals surface area contributed by atoms with Gasteiger partial charge in [-0.1, -0.05) is 65.5 Å². The normalized spacial score (nSPS) is 16.2. The van der Waals surface area contributed by atoms with Crippen LogP contribution in [0.15, 0.2) is 63.2 Å². The number of carbonyl (C=O) groups is 1. The molecule has 1 amide bonds. The third-order valence-corrected chi connectivity index (χ3v) is 6.17. The quantitative estimate of drug-likeness (QED) is 0.491. The summed E-state index contributed by atoms with van der Waals surface area (Å²) < 4.78 is 0.622. The van der Waals surface area contributed by atoms with Crippen molar-refractivity contribution in [3.05, 3.63) is 64.0 Å². The van der Waals surface area contributed by atoms with E-state index in [4.69, 9.17) is 23.8 Å². The maximum Gasteiger partial charge on any atom is 0.266 e. The summed E-state index contributed by atoms with van der Waals surface area (Å²) in [6, 6.07) is 15.7. The van der Waals surface area contributed by atoms with Crippen LogP contribution in [-0.4, -0.2) is 21.7 Å². The number of nitrogens with zero attached hydrogens (tertiary/aromatic N) is 1. The highest BCUT2D eigenvalue weighted by atomic mass is 35.5. The summed E-state index contributed by atoms with van der Waals surface area (Å²) in [5.74, 6) is -0.0150. The van der Waals surface area contributed by atoms with Crippen LogP contribution >= 0.6 is 47.3 Å². The molecule has 24 heavy (non-hydrogen) atoms. The molecule has 2 nitrogen and oxygen atoms in total. The molecule has 1 aliphatic rings. The Hall–Kier alpha value is -1.27. The number of thiocarbonyl (C=S) groups is 1. The highest BCUT2D eigenvalue weighted by Crippen LogP contribution is 2.36. The standard InChI is InChI=1S/C18H14ClNOS3/c1-2-20-17(21)16(24-18(20)22)11-12-5-3-4-6-15(12)23-14-9-7-13(19)8-10-14/h3-11H,2H2,1H3. The molecule has 0 bridgehead atoms. The minimum Gasteiger partial charge on any atom is -0.293 e. The van der Waals surface area contributed by atoms with E-state index >= 15 is 0 Å². The Balaban J connectivity index is 1.90. The van der Waals surface area contributed by atoms with Crippen molar-refractivity contribution >= 4 is 63.6 Å². The second-order valence-electron chi connectivity index (χ2n) is 5.02. The molecule has 6 heteroatoms. The van der Waals surface area contributed by atoms with E-state index in [0.717, 1.165) is 20.4 Å². The van der Waals surface area contributed by atoms with Gasteiger partial charge in [0.25, 0.3) is 5.91 Å². The van der Waals surface area contributed by atoms with Crippen LogP contribution in [0.4, 0.5) is 0 Å². The predicted octanol–water partition coefficient (Wildman–Crippen LogP) is 5.71. The predicted molar refractivity (Wildman–Crippen MR) is 108 cm³/mol. The number of benzene rings is 2. The number of carbonyl (C=O) groups excluding carboxylic acids is 1. The zero-order chi connectivity index (χ0) is 17.1. The average molecular weight is 392 g/mol. The lowest BCUT2D eigenvalue weighted by Gasteiger charge is -2.10. The van der Waals surface area contributed by atoms with Crippen LogP contribution in [0, 0.1) is 0 Å². The number of thioether (sulfide) groups is 1. The van der Waals surface area contributed by atoms with E-state index in [0.29, 0.717) is 15.8 Å². The molecule has 1 heterocycles. The van der Waals surface area contributed by atoms with E-state index in [9.17, 15) is 4.79 Å². The Labute approximate surface area is 160 Å². The number of halogens is 1. The number of amides is 1. The lowest BCUT2D eigenvalue weighted by atomic mass is 10.2. The van der Waals surface area contributed by atoms with Crippen LogP contribution in [-0.2, 0) is 4.79 Å². The average Bonchev–Trinajstić information content (AvgIpc) is 2.85. The van der Waals surface area contributed by atoms with Gasteiger partial charge in [0.2, 0.25) is 0 Å². The van der Waals surface area contributed by atoms with Gasteiger partial charge in [0, 0.05) is 21.4 Å². The molecule has 0 spiro atoms. The smallest absolute Gasteiger partial charge is 0.266 e. The molecular formula is C18H14ClNOS3. The van der Waals surface area contributed by atoms with Crippen LogP contribution in [0.1, 0.15) is 12.5 Å². The second-order valence-corrected chi connectivity index (χ2v) is 8.25. The molecule has 0 aromatic heterocycles. The molecule has 0 saturated carbocycles. The summed E-state index contributed by atoms with van der Waals surface area (Å²) in [6.07, 6.45) is 1.92. The first-order valence-corrected chi connectivity index (χ1v) is 9.78. The zero-order valence-electron chi connectivity index (χ0n) is 12.9. The van der Waals surface area contributed by atoms with Crippen molar-refractivity contribution in [1.29, 1.82) is 0 Å². The third-order valence-electron chi connectivity index (χ3n) is 3.44. The van der Waals surface area contributed by atoms with Crippen molar-refractivity contribution in [2.75, 3.05) is 6.54 Å². The molecule has 0 unspecified atom stereocenters. The van der Waals surface area contributed by atoms with E-state index < -0.39 is 0 Å². The van der Waals surface area contributed by atoms with E-state index in [1.54, 1.807) is 16.7 Å². The highest BCUT2D eigenvalue weighted by Gasteiger charge is 2.30. The Kier molecular flexibility index (Phi) is 5.66. The fourth-order valence-corrected chi connectivity index (χ4v) is 4.65. The summed E-state index contributed by atoms with van der Waals surface area (Å²) in [5.41, 5.74) is 1.01. The first-order valence-electron chi connectivity index (χ1n) is 7.36. The first-order chi connectivity index (χ1) is 11.6. The van der Waals surface area contributed by atoms with Gasteiger partial charge in [-0.3, -0.25) is 9.69 Å². The van der Waals surface area contributed by atoms with Gasteiger partial charge in [-0.15, -0.1) is 0 Å². The van der Waals surface area contributed by atoms with Gasteiger partial charge in [-0.25, -0.2) is 0 Å². The van der Waals surface area contributed by atoms with Crippen LogP contribution < -0.4 is 0 Å². The molecule has 1 aliphatic heterocycles. The Morgan fingerprint density at radius 3 is 2.58 bits per heavy atom. The monoisotopic (exact) mass is 391 g/mol. The lowest BCUT2D eigenvalue weighted by molar-refractivity contribution is -0.121. The van der Waals surface area contributed by atoms with Crippen LogP contribution in [0.5, 0.6) is 0 Å². The fourth-order valence-electron chi connectivity index (χ4n) is 2.24. The van der Waals surface area contributed by atoms with Crippen LogP contribution in [0.2, 0.25) is 5.02 Å². The molecule has 1 saturated heterocycles. The van der Waals surface area contributed by atoms with Crippen LogP contribution in [0.3, 0.4) is 0 Å². The third kappa shape index (κ3) is 3.86. The van der Waals surface area contributed by atoms with Gasteiger partial charge < -0.3 is 0 Å². The molecule has 0 aliphatic carbocycles. The molecule has 1 fully saturated rings. The Bertz CT molecular complexity index is 817. The Morgan fingerprint density at radius 2 is 1.92 bits per heavy atom. The Morgan fingerprint density at radius 1 is 1.21 bits per heavy atom. The minimum atomic E-state index is -0.0150. The molecule has 2 aromatic rings. The van der Waals surface area contributed by atoms with E-state index in [1.165, 1.54) is 11.8 Å². The largest absolute Gasteiger partial charge is 0.293 e. The van der Waals surface area contributed by atoms with Crippen molar-refractivity contribution < 1.29 is 4.79 Å².